The Hall–Kier alpha value is -1.24. The fourth-order valence-corrected chi connectivity index (χ4v) is 1.46. The van der Waals surface area contributed by atoms with Crippen molar-refractivity contribution in [1.82, 2.24) is 0 Å². The molecule has 0 fully saturated rings. The first-order valence-corrected chi connectivity index (χ1v) is 5.87. The van der Waals surface area contributed by atoms with Gasteiger partial charge in [0.25, 0.3) is 0 Å². The van der Waals surface area contributed by atoms with Gasteiger partial charge >= 0.3 is 0 Å². The van der Waals surface area contributed by atoms with Gasteiger partial charge in [-0.1, -0.05) is 44.6 Å². The maximum Gasteiger partial charge on any atom is 0.0342 e. The van der Waals surface area contributed by atoms with E-state index in [4.69, 9.17) is 0 Å². The van der Waals surface area contributed by atoms with Gasteiger partial charge in [-0.25, -0.2) is 0 Å². The van der Waals surface area contributed by atoms with Crippen LogP contribution in [0, 0.1) is 0 Å². The second-order valence-corrected chi connectivity index (χ2v) is 5.49. The summed E-state index contributed by atoms with van der Waals surface area (Å²) < 4.78 is 0. The molecule has 0 aromatic heterocycles. The number of anilines is 1. The van der Waals surface area contributed by atoms with Crippen LogP contribution in [-0.2, 0) is 5.41 Å². The van der Waals surface area contributed by atoms with Crippen molar-refractivity contribution >= 4 is 5.69 Å². The molecule has 0 radical (unpaired) electrons. The first-order valence-electron chi connectivity index (χ1n) is 5.87. The highest BCUT2D eigenvalue weighted by atomic mass is 14.8. The third-order valence-electron chi connectivity index (χ3n) is 2.57. The number of allylic oxidation sites excluding steroid dienone is 1. The third kappa shape index (κ3) is 4.09. The van der Waals surface area contributed by atoms with Gasteiger partial charge in [0.15, 0.2) is 0 Å². The fraction of sp³-hybridized carbons (Fsp3) is 0.467. The zero-order chi connectivity index (χ0) is 12.2. The molecule has 1 nitrogen and oxygen atoms in total. The summed E-state index contributed by atoms with van der Waals surface area (Å²) in [4.78, 5) is 0. The molecule has 0 spiro atoms. The fourth-order valence-electron chi connectivity index (χ4n) is 1.46. The van der Waals surface area contributed by atoms with Crippen molar-refractivity contribution in [2.24, 2.45) is 0 Å². The summed E-state index contributed by atoms with van der Waals surface area (Å²) in [6.45, 7) is 11.8. The second-order valence-electron chi connectivity index (χ2n) is 5.49. The molecule has 0 atom stereocenters. The predicted octanol–water partition coefficient (Wildman–Crippen LogP) is 4.36. The van der Waals surface area contributed by atoms with Gasteiger partial charge in [0, 0.05) is 12.2 Å². The van der Waals surface area contributed by atoms with E-state index >= 15 is 0 Å². The molecule has 0 aliphatic rings. The Morgan fingerprint density at radius 3 is 2.12 bits per heavy atom. The van der Waals surface area contributed by atoms with Crippen molar-refractivity contribution in [3.8, 4) is 0 Å². The van der Waals surface area contributed by atoms with Gasteiger partial charge in [0.1, 0.15) is 0 Å². The number of nitrogens with one attached hydrogen (secondary N) is 1. The van der Waals surface area contributed by atoms with Crippen molar-refractivity contribution in [3.63, 3.8) is 0 Å². The molecule has 0 aliphatic heterocycles. The summed E-state index contributed by atoms with van der Waals surface area (Å²) in [7, 11) is 0. The molecule has 1 aromatic rings. The van der Waals surface area contributed by atoms with Crippen LogP contribution in [0.5, 0.6) is 0 Å². The van der Waals surface area contributed by atoms with E-state index in [1.807, 2.05) is 0 Å². The van der Waals surface area contributed by atoms with E-state index in [0.717, 1.165) is 6.54 Å². The molecule has 0 aliphatic carbocycles. The van der Waals surface area contributed by atoms with Crippen molar-refractivity contribution in [3.05, 3.63) is 41.5 Å². The van der Waals surface area contributed by atoms with Crippen LogP contribution < -0.4 is 5.32 Å². The van der Waals surface area contributed by atoms with E-state index < -0.39 is 0 Å². The van der Waals surface area contributed by atoms with E-state index in [1.54, 1.807) is 0 Å². The van der Waals surface area contributed by atoms with Crippen molar-refractivity contribution in [1.29, 1.82) is 0 Å². The highest BCUT2D eigenvalue weighted by Gasteiger charge is 2.12. The van der Waals surface area contributed by atoms with E-state index in [-0.39, 0.29) is 5.41 Å². The zero-order valence-electron chi connectivity index (χ0n) is 11.1. The van der Waals surface area contributed by atoms with Crippen LogP contribution >= 0.6 is 0 Å². The van der Waals surface area contributed by atoms with E-state index in [9.17, 15) is 0 Å². The molecule has 88 valence electrons. The molecule has 1 aromatic carbocycles. The Labute approximate surface area is 99.6 Å². The van der Waals surface area contributed by atoms with Crippen LogP contribution in [0.2, 0.25) is 0 Å². The Kier molecular flexibility index (Phi) is 4.17. The first kappa shape index (κ1) is 12.8. The maximum absolute atomic E-state index is 3.38. The van der Waals surface area contributed by atoms with Crippen LogP contribution in [0.15, 0.2) is 35.9 Å². The SMILES string of the molecule is CC(C)=CCNc1ccc(C(C)(C)C)cc1. The van der Waals surface area contributed by atoms with Crippen LogP contribution in [0.3, 0.4) is 0 Å². The lowest BCUT2D eigenvalue weighted by Gasteiger charge is -2.19. The molecule has 0 amide bonds. The van der Waals surface area contributed by atoms with Crippen LogP contribution in [0.25, 0.3) is 0 Å². The third-order valence-corrected chi connectivity index (χ3v) is 2.57. The lowest BCUT2D eigenvalue weighted by Crippen LogP contribution is -2.10. The molecular formula is C15H23N. The lowest BCUT2D eigenvalue weighted by atomic mass is 9.87. The minimum atomic E-state index is 0.235. The van der Waals surface area contributed by atoms with Crippen LogP contribution in [-0.4, -0.2) is 6.54 Å². The minimum absolute atomic E-state index is 0.235. The topological polar surface area (TPSA) is 12.0 Å². The van der Waals surface area contributed by atoms with Gasteiger partial charge < -0.3 is 5.32 Å². The van der Waals surface area contributed by atoms with Crippen LogP contribution in [0.1, 0.15) is 40.2 Å². The molecule has 16 heavy (non-hydrogen) atoms. The minimum Gasteiger partial charge on any atom is -0.382 e. The zero-order valence-corrected chi connectivity index (χ0v) is 11.1. The quantitative estimate of drug-likeness (QED) is 0.742. The summed E-state index contributed by atoms with van der Waals surface area (Å²) in [5.41, 5.74) is 4.14. The molecule has 1 N–H and O–H groups in total. The average Bonchev–Trinajstić information content (AvgIpc) is 2.16. The maximum atomic E-state index is 3.38. The number of hydrogen-bond donors (Lipinski definition) is 1. The summed E-state index contributed by atoms with van der Waals surface area (Å²) >= 11 is 0. The molecule has 0 unspecified atom stereocenters. The highest BCUT2D eigenvalue weighted by Crippen LogP contribution is 2.23. The van der Waals surface area contributed by atoms with Crippen molar-refractivity contribution in [2.45, 2.75) is 40.0 Å². The van der Waals surface area contributed by atoms with Crippen molar-refractivity contribution < 1.29 is 0 Å². The monoisotopic (exact) mass is 217 g/mol. The van der Waals surface area contributed by atoms with Gasteiger partial charge in [0.05, 0.1) is 0 Å². The summed E-state index contributed by atoms with van der Waals surface area (Å²) in [6.07, 6.45) is 2.19. The number of rotatable bonds is 3. The molecular weight excluding hydrogens is 194 g/mol. The molecule has 1 rings (SSSR count). The Morgan fingerprint density at radius 2 is 1.69 bits per heavy atom. The van der Waals surface area contributed by atoms with Gasteiger partial charge in [-0.3, -0.25) is 0 Å². The Balaban J connectivity index is 2.62. The summed E-state index contributed by atoms with van der Waals surface area (Å²) in [5.74, 6) is 0. The summed E-state index contributed by atoms with van der Waals surface area (Å²) in [6, 6.07) is 8.70. The molecule has 0 heterocycles. The standard InChI is InChI=1S/C15H23N/c1-12(2)10-11-16-14-8-6-13(7-9-14)15(3,4)5/h6-10,16H,11H2,1-5H3. The van der Waals surface area contributed by atoms with E-state index in [0.29, 0.717) is 0 Å². The van der Waals surface area contributed by atoms with Crippen LogP contribution in [0.4, 0.5) is 5.69 Å². The van der Waals surface area contributed by atoms with Gasteiger partial charge in [-0.15, -0.1) is 0 Å². The molecule has 0 bridgehead atoms. The van der Waals surface area contributed by atoms with Gasteiger partial charge in [0.2, 0.25) is 0 Å². The molecule has 1 heteroatoms. The Morgan fingerprint density at radius 1 is 1.12 bits per heavy atom. The largest absolute Gasteiger partial charge is 0.382 e. The Bertz CT molecular complexity index is 348. The second kappa shape index (κ2) is 5.20. The van der Waals surface area contributed by atoms with E-state index in [1.165, 1.54) is 16.8 Å². The van der Waals surface area contributed by atoms with Gasteiger partial charge in [-0.05, 0) is 37.0 Å². The smallest absolute Gasteiger partial charge is 0.0342 e. The highest BCUT2D eigenvalue weighted by molar-refractivity contribution is 5.46. The van der Waals surface area contributed by atoms with Crippen molar-refractivity contribution in [2.75, 3.05) is 11.9 Å². The predicted molar refractivity (Wildman–Crippen MR) is 73.1 cm³/mol. The first-order chi connectivity index (χ1) is 7.39. The summed E-state index contributed by atoms with van der Waals surface area (Å²) in [5, 5.41) is 3.38. The number of benzene rings is 1. The van der Waals surface area contributed by atoms with Gasteiger partial charge in [-0.2, -0.15) is 0 Å². The number of hydrogen-bond acceptors (Lipinski definition) is 1. The van der Waals surface area contributed by atoms with E-state index in [2.05, 4.69) is 70.3 Å². The molecule has 0 saturated carbocycles. The normalized spacial score (nSPS) is 11.1. The average molecular weight is 217 g/mol. The molecule has 0 saturated heterocycles. The lowest BCUT2D eigenvalue weighted by molar-refractivity contribution is 0.590.